The number of allylic oxidation sites excluding steroid dienone is 1. The molecule has 3 aromatic rings. The van der Waals surface area contributed by atoms with Crippen LogP contribution in [0.4, 0.5) is 5.69 Å². The first-order chi connectivity index (χ1) is 14.0. The summed E-state index contributed by atoms with van der Waals surface area (Å²) in [7, 11) is 3.30. The first-order valence-corrected chi connectivity index (χ1v) is 8.71. The van der Waals surface area contributed by atoms with E-state index in [9.17, 15) is 14.9 Å². The third kappa shape index (κ3) is 5.07. The Morgan fingerprint density at radius 2 is 2.10 bits per heavy atom. The predicted octanol–water partition coefficient (Wildman–Crippen LogP) is 3.81. The number of hydrogen-bond acceptors (Lipinski definition) is 6. The van der Waals surface area contributed by atoms with Gasteiger partial charge in [-0.2, -0.15) is 5.10 Å². The van der Waals surface area contributed by atoms with Gasteiger partial charge in [0.25, 0.3) is 5.69 Å². The van der Waals surface area contributed by atoms with Crippen molar-refractivity contribution in [2.75, 3.05) is 7.11 Å². The molecule has 0 bridgehead atoms. The van der Waals surface area contributed by atoms with E-state index in [2.05, 4.69) is 5.10 Å². The molecule has 3 rings (SSSR count). The van der Waals surface area contributed by atoms with E-state index in [1.165, 1.54) is 24.4 Å². The minimum absolute atomic E-state index is 0.0416. The lowest BCUT2D eigenvalue weighted by molar-refractivity contribution is -0.384. The topological polar surface area (TPSA) is 96.5 Å². The molecule has 0 aliphatic rings. The second kappa shape index (κ2) is 8.83. The van der Waals surface area contributed by atoms with E-state index in [1.807, 2.05) is 12.1 Å². The number of nitro groups is 1. The van der Waals surface area contributed by atoms with Gasteiger partial charge in [0.05, 0.1) is 29.9 Å². The van der Waals surface area contributed by atoms with Crippen molar-refractivity contribution in [3.63, 3.8) is 0 Å². The van der Waals surface area contributed by atoms with E-state index in [0.717, 1.165) is 11.1 Å². The third-order valence-electron chi connectivity index (χ3n) is 4.14. The van der Waals surface area contributed by atoms with Crippen molar-refractivity contribution in [3.05, 3.63) is 87.7 Å². The highest BCUT2D eigenvalue weighted by molar-refractivity contribution is 6.06. The molecule has 1 aromatic heterocycles. The number of carbonyl (C=O) groups is 1. The summed E-state index contributed by atoms with van der Waals surface area (Å²) in [5.74, 6) is 0.850. The van der Waals surface area contributed by atoms with Crippen molar-refractivity contribution in [2.45, 2.75) is 6.61 Å². The molecule has 148 valence electrons. The molecular formula is C21H19N3O5. The van der Waals surface area contributed by atoms with Gasteiger partial charge < -0.3 is 9.47 Å². The Balaban J connectivity index is 1.75. The van der Waals surface area contributed by atoms with Crippen LogP contribution in [0, 0.1) is 10.1 Å². The number of nitro benzene ring substituents is 1. The van der Waals surface area contributed by atoms with E-state index in [-0.39, 0.29) is 18.1 Å². The van der Waals surface area contributed by atoms with Crippen LogP contribution < -0.4 is 9.47 Å². The van der Waals surface area contributed by atoms with Crippen molar-refractivity contribution in [3.8, 4) is 11.5 Å². The quantitative estimate of drug-likeness (QED) is 0.250. The second-order valence-electron chi connectivity index (χ2n) is 6.21. The van der Waals surface area contributed by atoms with E-state index in [0.29, 0.717) is 17.1 Å². The van der Waals surface area contributed by atoms with Gasteiger partial charge >= 0.3 is 0 Å². The number of aromatic nitrogens is 2. The van der Waals surface area contributed by atoms with Gasteiger partial charge in [-0.15, -0.1) is 0 Å². The molecule has 0 unspecified atom stereocenters. The van der Waals surface area contributed by atoms with Crippen LogP contribution in [-0.4, -0.2) is 27.6 Å². The van der Waals surface area contributed by atoms with Gasteiger partial charge in [-0.05, 0) is 29.8 Å². The molecule has 0 saturated heterocycles. The molecule has 0 radical (unpaired) electrons. The molecule has 8 heteroatoms. The van der Waals surface area contributed by atoms with Gasteiger partial charge in [-0.3, -0.25) is 19.6 Å². The Morgan fingerprint density at radius 1 is 1.28 bits per heavy atom. The summed E-state index contributed by atoms with van der Waals surface area (Å²) in [5.41, 5.74) is 2.00. The molecule has 0 fully saturated rings. The summed E-state index contributed by atoms with van der Waals surface area (Å²) in [6, 6.07) is 11.4. The van der Waals surface area contributed by atoms with Gasteiger partial charge in [0.2, 0.25) is 0 Å². The van der Waals surface area contributed by atoms with Crippen LogP contribution in [0.1, 0.15) is 21.5 Å². The molecule has 1 heterocycles. The van der Waals surface area contributed by atoms with Gasteiger partial charge in [-0.25, -0.2) is 0 Å². The number of benzene rings is 2. The summed E-state index contributed by atoms with van der Waals surface area (Å²) < 4.78 is 12.6. The van der Waals surface area contributed by atoms with Gasteiger partial charge in [0.15, 0.2) is 5.78 Å². The van der Waals surface area contributed by atoms with Gasteiger partial charge in [-0.1, -0.05) is 18.2 Å². The van der Waals surface area contributed by atoms with Crippen LogP contribution >= 0.6 is 0 Å². The smallest absolute Gasteiger partial charge is 0.273 e. The minimum atomic E-state index is -0.474. The molecule has 0 aliphatic carbocycles. The van der Waals surface area contributed by atoms with Crippen LogP contribution in [0.25, 0.3) is 6.08 Å². The summed E-state index contributed by atoms with van der Waals surface area (Å²) in [6.45, 7) is 0.155. The Kier molecular flexibility index (Phi) is 6.03. The normalized spacial score (nSPS) is 10.8. The fourth-order valence-corrected chi connectivity index (χ4v) is 2.68. The maximum atomic E-state index is 12.2. The lowest BCUT2D eigenvalue weighted by atomic mass is 10.1. The molecule has 0 spiro atoms. The van der Waals surface area contributed by atoms with Crippen molar-refractivity contribution in [1.29, 1.82) is 0 Å². The third-order valence-corrected chi connectivity index (χ3v) is 4.14. The number of aryl methyl sites for hydroxylation is 1. The minimum Gasteiger partial charge on any atom is -0.496 e. The Hall–Kier alpha value is -3.94. The number of rotatable bonds is 8. The maximum absolute atomic E-state index is 12.2. The average Bonchev–Trinajstić information content (AvgIpc) is 3.17. The average molecular weight is 393 g/mol. The Bertz CT molecular complexity index is 1070. The molecule has 0 saturated carbocycles. The molecule has 0 amide bonds. The van der Waals surface area contributed by atoms with E-state index in [4.69, 9.17) is 9.47 Å². The zero-order valence-corrected chi connectivity index (χ0v) is 15.9. The number of nitrogens with zero attached hydrogens (tertiary/aromatic N) is 3. The van der Waals surface area contributed by atoms with Crippen molar-refractivity contribution >= 4 is 17.5 Å². The van der Waals surface area contributed by atoms with E-state index < -0.39 is 4.92 Å². The first-order valence-electron chi connectivity index (χ1n) is 8.71. The number of carbonyl (C=O) groups excluding carboxylic acids is 1. The van der Waals surface area contributed by atoms with Gasteiger partial charge in [0, 0.05) is 24.9 Å². The molecular weight excluding hydrogens is 374 g/mol. The zero-order valence-electron chi connectivity index (χ0n) is 15.9. The Labute approximate surface area is 167 Å². The fraction of sp³-hybridized carbons (Fsp3) is 0.143. The predicted molar refractivity (Wildman–Crippen MR) is 107 cm³/mol. The largest absolute Gasteiger partial charge is 0.496 e. The molecule has 8 nitrogen and oxygen atoms in total. The van der Waals surface area contributed by atoms with E-state index >= 15 is 0 Å². The van der Waals surface area contributed by atoms with Gasteiger partial charge in [0.1, 0.15) is 18.1 Å². The standard InChI is InChI=1S/C21H19N3O5/c1-23-13-17(12-22-23)20(25)8-6-15-7-9-21(28-2)16(10-15)14-29-19-5-3-4-18(11-19)24(26)27/h3-13H,14H2,1-2H3/b8-6+. The number of methoxy groups -OCH3 is 1. The molecule has 0 aliphatic heterocycles. The summed E-state index contributed by atoms with van der Waals surface area (Å²) in [4.78, 5) is 22.6. The lowest BCUT2D eigenvalue weighted by Gasteiger charge is -2.11. The van der Waals surface area contributed by atoms with Crippen LogP contribution in [0.15, 0.2) is 60.9 Å². The van der Waals surface area contributed by atoms with Crippen LogP contribution in [0.2, 0.25) is 0 Å². The summed E-state index contributed by atoms with van der Waals surface area (Å²) in [6.07, 6.45) is 6.34. The van der Waals surface area contributed by atoms with E-state index in [1.54, 1.807) is 49.3 Å². The van der Waals surface area contributed by atoms with Crippen LogP contribution in [0.5, 0.6) is 11.5 Å². The monoisotopic (exact) mass is 393 g/mol. The Morgan fingerprint density at radius 3 is 2.79 bits per heavy atom. The zero-order chi connectivity index (χ0) is 20.8. The lowest BCUT2D eigenvalue weighted by Crippen LogP contribution is -2.00. The first kappa shape index (κ1) is 19.8. The molecule has 29 heavy (non-hydrogen) atoms. The summed E-state index contributed by atoms with van der Waals surface area (Å²) in [5, 5.41) is 14.9. The summed E-state index contributed by atoms with van der Waals surface area (Å²) >= 11 is 0. The highest BCUT2D eigenvalue weighted by atomic mass is 16.6. The van der Waals surface area contributed by atoms with Crippen molar-refractivity contribution in [2.24, 2.45) is 7.05 Å². The van der Waals surface area contributed by atoms with Crippen LogP contribution in [-0.2, 0) is 13.7 Å². The van der Waals surface area contributed by atoms with Crippen molar-refractivity contribution < 1.29 is 19.2 Å². The SMILES string of the molecule is COc1ccc(/C=C/C(=O)c2cnn(C)c2)cc1COc1cccc([N+](=O)[O-])c1. The van der Waals surface area contributed by atoms with Crippen LogP contribution in [0.3, 0.4) is 0 Å². The van der Waals surface area contributed by atoms with Crippen molar-refractivity contribution in [1.82, 2.24) is 9.78 Å². The molecule has 2 aromatic carbocycles. The second-order valence-corrected chi connectivity index (χ2v) is 6.21. The highest BCUT2D eigenvalue weighted by Crippen LogP contribution is 2.25. The number of hydrogen-bond donors (Lipinski definition) is 0. The maximum Gasteiger partial charge on any atom is 0.273 e. The number of non-ortho nitro benzene ring substituents is 1. The fourth-order valence-electron chi connectivity index (χ4n) is 2.68. The number of ether oxygens (including phenoxy) is 2. The number of ketones is 1. The highest BCUT2D eigenvalue weighted by Gasteiger charge is 2.09. The molecule has 0 atom stereocenters. The molecule has 0 N–H and O–H groups in total.